The number of nitrogens with zero attached hydrogens (tertiary/aromatic N) is 7. The molecule has 0 bridgehead atoms. The van der Waals surface area contributed by atoms with Gasteiger partial charge in [-0.1, -0.05) is 0 Å². The Labute approximate surface area is 184 Å². The summed E-state index contributed by atoms with van der Waals surface area (Å²) >= 11 is 0. The van der Waals surface area contributed by atoms with Gasteiger partial charge in [0.2, 0.25) is 5.89 Å². The van der Waals surface area contributed by atoms with Crippen LogP contribution in [-0.4, -0.2) is 69.2 Å². The molecule has 10 nitrogen and oxygen atoms in total. The van der Waals surface area contributed by atoms with Crippen molar-refractivity contribution in [1.82, 2.24) is 30.0 Å². The first kappa shape index (κ1) is 20.0. The monoisotopic (exact) mass is 430 g/mol. The molecular formula is C22H22N8O2. The van der Waals surface area contributed by atoms with Crippen LogP contribution in [0.3, 0.4) is 0 Å². The SMILES string of the molecule is Cc1nnc(-c2ccc3cnc(NC(=O)c4ccnc(N5CCN(C)CC5)c4)cc3n2)o1. The van der Waals surface area contributed by atoms with Crippen LogP contribution in [-0.2, 0) is 0 Å². The first-order valence-electron chi connectivity index (χ1n) is 10.3. The van der Waals surface area contributed by atoms with Gasteiger partial charge in [-0.15, -0.1) is 10.2 Å². The Bertz CT molecular complexity index is 1280. The molecule has 0 aromatic carbocycles. The van der Waals surface area contributed by atoms with Crippen molar-refractivity contribution in [3.63, 3.8) is 0 Å². The van der Waals surface area contributed by atoms with Crippen LogP contribution in [0.1, 0.15) is 16.2 Å². The Morgan fingerprint density at radius 3 is 2.69 bits per heavy atom. The molecule has 32 heavy (non-hydrogen) atoms. The lowest BCUT2D eigenvalue weighted by Gasteiger charge is -2.33. The number of hydrogen-bond donors (Lipinski definition) is 1. The summed E-state index contributed by atoms with van der Waals surface area (Å²) in [6.45, 7) is 5.43. The van der Waals surface area contributed by atoms with Gasteiger partial charge in [-0.3, -0.25) is 4.79 Å². The molecule has 5 heterocycles. The molecule has 10 heteroatoms. The smallest absolute Gasteiger partial charge is 0.266 e. The van der Waals surface area contributed by atoms with Gasteiger partial charge in [0, 0.05) is 62.5 Å². The van der Waals surface area contributed by atoms with E-state index in [-0.39, 0.29) is 5.91 Å². The number of piperazine rings is 1. The van der Waals surface area contributed by atoms with E-state index in [9.17, 15) is 4.79 Å². The van der Waals surface area contributed by atoms with E-state index in [0.29, 0.717) is 34.4 Å². The van der Waals surface area contributed by atoms with Crippen LogP contribution in [0.15, 0.2) is 47.1 Å². The van der Waals surface area contributed by atoms with Crippen molar-refractivity contribution in [1.29, 1.82) is 0 Å². The van der Waals surface area contributed by atoms with Crippen molar-refractivity contribution >= 4 is 28.4 Å². The second-order valence-corrected chi connectivity index (χ2v) is 7.73. The number of rotatable bonds is 4. The number of pyridine rings is 3. The third-order valence-electron chi connectivity index (χ3n) is 5.40. The summed E-state index contributed by atoms with van der Waals surface area (Å²) in [7, 11) is 2.10. The highest BCUT2D eigenvalue weighted by Crippen LogP contribution is 2.22. The van der Waals surface area contributed by atoms with Crippen molar-refractivity contribution in [2.75, 3.05) is 43.4 Å². The van der Waals surface area contributed by atoms with E-state index < -0.39 is 0 Å². The Kier molecular flexibility index (Phi) is 5.20. The summed E-state index contributed by atoms with van der Waals surface area (Å²) < 4.78 is 5.46. The molecule has 1 saturated heterocycles. The second-order valence-electron chi connectivity index (χ2n) is 7.73. The van der Waals surface area contributed by atoms with E-state index in [1.165, 1.54) is 0 Å². The van der Waals surface area contributed by atoms with Crippen LogP contribution in [0, 0.1) is 6.92 Å². The van der Waals surface area contributed by atoms with Crippen molar-refractivity contribution in [2.45, 2.75) is 6.92 Å². The first-order chi connectivity index (χ1) is 15.5. The highest BCUT2D eigenvalue weighted by atomic mass is 16.4. The molecule has 5 rings (SSSR count). The number of aromatic nitrogens is 5. The lowest BCUT2D eigenvalue weighted by Crippen LogP contribution is -2.44. The van der Waals surface area contributed by atoms with E-state index in [4.69, 9.17) is 4.42 Å². The summed E-state index contributed by atoms with van der Waals surface area (Å²) in [6.07, 6.45) is 3.33. The molecule has 0 aliphatic carbocycles. The van der Waals surface area contributed by atoms with Gasteiger partial charge in [-0.2, -0.15) is 0 Å². The molecule has 0 atom stereocenters. The number of aryl methyl sites for hydroxylation is 1. The van der Waals surface area contributed by atoms with Gasteiger partial charge in [-0.25, -0.2) is 15.0 Å². The third-order valence-corrected chi connectivity index (χ3v) is 5.40. The van der Waals surface area contributed by atoms with Gasteiger partial charge >= 0.3 is 0 Å². The Morgan fingerprint density at radius 1 is 1.06 bits per heavy atom. The molecule has 1 fully saturated rings. The van der Waals surface area contributed by atoms with Crippen LogP contribution in [0.25, 0.3) is 22.5 Å². The van der Waals surface area contributed by atoms with Gasteiger partial charge in [0.1, 0.15) is 17.3 Å². The van der Waals surface area contributed by atoms with Crippen molar-refractivity contribution < 1.29 is 9.21 Å². The highest BCUT2D eigenvalue weighted by Gasteiger charge is 2.17. The van der Waals surface area contributed by atoms with Gasteiger partial charge in [0.25, 0.3) is 11.8 Å². The zero-order valence-electron chi connectivity index (χ0n) is 17.8. The standard InChI is InChI=1S/C22H22N8O2/c1-14-27-28-22(32-14)17-4-3-16-13-24-19(12-18(16)25-17)26-21(31)15-5-6-23-20(11-15)30-9-7-29(2)8-10-30/h3-6,11-13H,7-10H2,1-2H3,(H,24,26,31). The number of anilines is 2. The second kappa shape index (κ2) is 8.31. The summed E-state index contributed by atoms with van der Waals surface area (Å²) in [5.74, 6) is 1.78. The molecule has 4 aromatic heterocycles. The summed E-state index contributed by atoms with van der Waals surface area (Å²) in [6, 6.07) is 8.91. The maximum atomic E-state index is 12.9. The van der Waals surface area contributed by atoms with E-state index in [1.807, 2.05) is 12.1 Å². The third kappa shape index (κ3) is 4.12. The predicted molar refractivity (Wildman–Crippen MR) is 119 cm³/mol. The molecule has 0 saturated carbocycles. The lowest BCUT2D eigenvalue weighted by molar-refractivity contribution is 0.102. The van der Waals surface area contributed by atoms with Crippen LogP contribution < -0.4 is 10.2 Å². The molecule has 162 valence electrons. The van der Waals surface area contributed by atoms with Crippen molar-refractivity contribution in [2.24, 2.45) is 0 Å². The average molecular weight is 430 g/mol. The number of fused-ring (bicyclic) bond motifs is 1. The fraction of sp³-hybridized carbons (Fsp3) is 0.273. The van der Waals surface area contributed by atoms with Gasteiger partial charge in [0.05, 0.1) is 5.52 Å². The molecule has 1 N–H and O–H groups in total. The molecular weight excluding hydrogens is 408 g/mol. The van der Waals surface area contributed by atoms with E-state index in [1.54, 1.807) is 37.5 Å². The summed E-state index contributed by atoms with van der Waals surface area (Å²) in [4.78, 5) is 30.7. The molecule has 0 spiro atoms. The van der Waals surface area contributed by atoms with E-state index in [0.717, 1.165) is 37.4 Å². The largest absolute Gasteiger partial charge is 0.420 e. The molecule has 0 radical (unpaired) electrons. The maximum Gasteiger partial charge on any atom is 0.266 e. The minimum absolute atomic E-state index is 0.252. The fourth-order valence-corrected chi connectivity index (χ4v) is 3.56. The quantitative estimate of drug-likeness (QED) is 0.521. The van der Waals surface area contributed by atoms with Crippen LogP contribution in [0.4, 0.5) is 11.6 Å². The normalized spacial score (nSPS) is 14.6. The fourth-order valence-electron chi connectivity index (χ4n) is 3.56. The summed E-state index contributed by atoms with van der Waals surface area (Å²) in [5, 5.41) is 11.5. The van der Waals surface area contributed by atoms with Crippen molar-refractivity contribution in [3.05, 3.63) is 54.2 Å². The first-order valence-corrected chi connectivity index (χ1v) is 10.3. The predicted octanol–water partition coefficient (Wildman–Crippen LogP) is 2.39. The topological polar surface area (TPSA) is 113 Å². The Morgan fingerprint density at radius 2 is 1.91 bits per heavy atom. The zero-order chi connectivity index (χ0) is 22.1. The zero-order valence-corrected chi connectivity index (χ0v) is 17.8. The summed E-state index contributed by atoms with van der Waals surface area (Å²) in [5.41, 5.74) is 1.75. The average Bonchev–Trinajstić information content (AvgIpc) is 3.25. The van der Waals surface area contributed by atoms with Gasteiger partial charge in [0.15, 0.2) is 0 Å². The lowest BCUT2D eigenvalue weighted by atomic mass is 10.2. The van der Waals surface area contributed by atoms with Crippen LogP contribution in [0.5, 0.6) is 0 Å². The Balaban J connectivity index is 1.36. The van der Waals surface area contributed by atoms with E-state index in [2.05, 4.69) is 47.3 Å². The number of carbonyl (C=O) groups excluding carboxylic acids is 1. The number of amides is 1. The number of likely N-dealkylation sites (N-methyl/N-ethyl adjacent to an activating group) is 1. The van der Waals surface area contributed by atoms with Gasteiger partial charge in [-0.05, 0) is 31.3 Å². The molecule has 4 aromatic rings. The Hall–Kier alpha value is -3.92. The highest BCUT2D eigenvalue weighted by molar-refractivity contribution is 6.04. The van der Waals surface area contributed by atoms with Crippen LogP contribution >= 0.6 is 0 Å². The van der Waals surface area contributed by atoms with Gasteiger partial charge < -0.3 is 19.5 Å². The minimum Gasteiger partial charge on any atom is -0.420 e. The van der Waals surface area contributed by atoms with Crippen molar-refractivity contribution in [3.8, 4) is 11.6 Å². The molecule has 1 aliphatic heterocycles. The number of carbonyl (C=O) groups is 1. The number of nitrogens with one attached hydrogen (secondary N) is 1. The van der Waals surface area contributed by atoms with E-state index >= 15 is 0 Å². The minimum atomic E-state index is -0.252. The molecule has 1 aliphatic rings. The van der Waals surface area contributed by atoms with Crippen LogP contribution in [0.2, 0.25) is 0 Å². The molecule has 1 amide bonds. The maximum absolute atomic E-state index is 12.9. The molecule has 0 unspecified atom stereocenters. The number of hydrogen-bond acceptors (Lipinski definition) is 9.